The molecule has 0 bridgehead atoms. The van der Waals surface area contributed by atoms with Gasteiger partial charge in [0.25, 0.3) is 0 Å². The van der Waals surface area contributed by atoms with Gasteiger partial charge in [0, 0.05) is 4.90 Å². The molecular weight excluding hydrogens is 213 g/mol. The van der Waals surface area contributed by atoms with Crippen molar-refractivity contribution in [3.05, 3.63) is 17.8 Å². The molecule has 0 radical (unpaired) electrons. The van der Waals surface area contributed by atoms with Gasteiger partial charge < -0.3 is 5.73 Å². The van der Waals surface area contributed by atoms with Crippen LogP contribution in [-0.2, 0) is 6.18 Å². The summed E-state index contributed by atoms with van der Waals surface area (Å²) in [6, 6.07) is 2.29. The number of nitrogens with zero attached hydrogens (tertiary/aromatic N) is 1. The molecule has 0 fully saturated rings. The molecule has 0 saturated heterocycles. The summed E-state index contributed by atoms with van der Waals surface area (Å²) in [6.45, 7) is 1.89. The van der Waals surface area contributed by atoms with E-state index in [0.717, 1.165) is 11.8 Å². The Morgan fingerprint density at radius 2 is 2.07 bits per heavy atom. The minimum Gasteiger partial charge on any atom is -0.383 e. The third-order valence-corrected chi connectivity index (χ3v) is 2.42. The summed E-state index contributed by atoms with van der Waals surface area (Å²) in [6.07, 6.45) is -4.43. The van der Waals surface area contributed by atoms with Crippen molar-refractivity contribution in [2.24, 2.45) is 0 Å². The van der Waals surface area contributed by atoms with Gasteiger partial charge in [0.1, 0.15) is 11.5 Å². The van der Waals surface area contributed by atoms with E-state index in [2.05, 4.69) is 4.98 Å². The van der Waals surface area contributed by atoms with E-state index < -0.39 is 11.9 Å². The number of hydrogen-bond donors (Lipinski definition) is 1. The van der Waals surface area contributed by atoms with Crippen molar-refractivity contribution >= 4 is 17.6 Å². The maximum atomic E-state index is 12.2. The van der Waals surface area contributed by atoms with Crippen molar-refractivity contribution < 1.29 is 13.2 Å². The maximum Gasteiger partial charge on any atom is 0.433 e. The molecule has 14 heavy (non-hydrogen) atoms. The van der Waals surface area contributed by atoms with Crippen LogP contribution in [0.2, 0.25) is 0 Å². The van der Waals surface area contributed by atoms with E-state index in [1.165, 1.54) is 17.8 Å². The molecule has 1 aromatic rings. The number of alkyl halides is 3. The number of anilines is 1. The van der Waals surface area contributed by atoms with Crippen LogP contribution in [0, 0.1) is 0 Å². The van der Waals surface area contributed by atoms with Crippen molar-refractivity contribution in [2.45, 2.75) is 18.0 Å². The van der Waals surface area contributed by atoms with Gasteiger partial charge in [-0.25, -0.2) is 4.98 Å². The van der Waals surface area contributed by atoms with E-state index in [-0.39, 0.29) is 5.82 Å². The van der Waals surface area contributed by atoms with Gasteiger partial charge in [-0.15, -0.1) is 11.8 Å². The highest BCUT2D eigenvalue weighted by Gasteiger charge is 2.32. The van der Waals surface area contributed by atoms with Gasteiger partial charge in [-0.05, 0) is 17.9 Å². The second-order valence-electron chi connectivity index (χ2n) is 2.51. The highest BCUT2D eigenvalue weighted by atomic mass is 32.2. The fourth-order valence-electron chi connectivity index (χ4n) is 0.898. The Kier molecular flexibility index (Phi) is 3.25. The summed E-state index contributed by atoms with van der Waals surface area (Å²) in [5, 5.41) is 0. The lowest BCUT2D eigenvalue weighted by Gasteiger charge is -2.08. The normalized spacial score (nSPS) is 11.7. The second-order valence-corrected chi connectivity index (χ2v) is 3.82. The third-order valence-electron chi connectivity index (χ3n) is 1.48. The summed E-state index contributed by atoms with van der Waals surface area (Å²) in [4.78, 5) is 3.88. The molecule has 0 amide bonds. The molecule has 0 spiro atoms. The molecule has 78 valence electrons. The molecule has 0 aliphatic carbocycles. The van der Waals surface area contributed by atoms with Gasteiger partial charge in [0.2, 0.25) is 0 Å². The van der Waals surface area contributed by atoms with Crippen molar-refractivity contribution in [1.29, 1.82) is 0 Å². The van der Waals surface area contributed by atoms with E-state index in [1.807, 2.05) is 6.92 Å². The molecule has 0 aliphatic heterocycles. The van der Waals surface area contributed by atoms with Crippen LogP contribution in [0.15, 0.2) is 17.0 Å². The van der Waals surface area contributed by atoms with Gasteiger partial charge in [0.15, 0.2) is 0 Å². The van der Waals surface area contributed by atoms with Crippen LogP contribution in [0.25, 0.3) is 0 Å². The summed E-state index contributed by atoms with van der Waals surface area (Å²) in [5.74, 6) is 0.684. The Bertz CT molecular complexity index is 325. The van der Waals surface area contributed by atoms with Gasteiger partial charge in [-0.1, -0.05) is 6.92 Å². The highest BCUT2D eigenvalue weighted by Crippen LogP contribution is 2.31. The molecule has 0 saturated carbocycles. The molecule has 0 unspecified atom stereocenters. The lowest BCUT2D eigenvalue weighted by Crippen LogP contribution is -2.09. The fourth-order valence-corrected chi connectivity index (χ4v) is 1.57. The van der Waals surface area contributed by atoms with Crippen molar-refractivity contribution in [2.75, 3.05) is 11.5 Å². The van der Waals surface area contributed by atoms with Gasteiger partial charge >= 0.3 is 6.18 Å². The summed E-state index contributed by atoms with van der Waals surface area (Å²) >= 11 is 1.37. The molecule has 1 aromatic heterocycles. The summed E-state index contributed by atoms with van der Waals surface area (Å²) < 4.78 is 36.5. The number of halogens is 3. The first-order valence-electron chi connectivity index (χ1n) is 3.91. The molecule has 6 heteroatoms. The van der Waals surface area contributed by atoms with Crippen molar-refractivity contribution in [3.63, 3.8) is 0 Å². The molecule has 2 N–H and O–H groups in total. The molecule has 2 nitrogen and oxygen atoms in total. The van der Waals surface area contributed by atoms with Crippen LogP contribution in [0.4, 0.5) is 19.0 Å². The largest absolute Gasteiger partial charge is 0.433 e. The third kappa shape index (κ3) is 2.54. The maximum absolute atomic E-state index is 12.2. The molecular formula is C8H9F3N2S. The zero-order chi connectivity index (χ0) is 10.8. The van der Waals surface area contributed by atoms with E-state index >= 15 is 0 Å². The molecule has 0 aromatic carbocycles. The Hall–Kier alpha value is -0.910. The van der Waals surface area contributed by atoms with Crippen molar-refractivity contribution in [1.82, 2.24) is 4.98 Å². The number of nitrogen functional groups attached to an aromatic ring is 1. The molecule has 0 aliphatic rings. The van der Waals surface area contributed by atoms with Crippen LogP contribution >= 0.6 is 11.8 Å². The van der Waals surface area contributed by atoms with E-state index in [4.69, 9.17) is 5.73 Å². The van der Waals surface area contributed by atoms with Crippen LogP contribution in [-0.4, -0.2) is 10.7 Å². The number of hydrogen-bond acceptors (Lipinski definition) is 3. The molecule has 0 atom stereocenters. The Balaban J connectivity index is 3.01. The summed E-state index contributed by atoms with van der Waals surface area (Å²) in [5.41, 5.74) is 4.42. The highest BCUT2D eigenvalue weighted by molar-refractivity contribution is 7.99. The molecule has 1 heterocycles. The average molecular weight is 222 g/mol. The van der Waals surface area contributed by atoms with Crippen molar-refractivity contribution in [3.8, 4) is 0 Å². The topological polar surface area (TPSA) is 38.9 Å². The number of nitrogens with two attached hydrogens (primary N) is 1. The zero-order valence-electron chi connectivity index (χ0n) is 7.43. The Morgan fingerprint density at radius 3 is 2.50 bits per heavy atom. The first-order valence-corrected chi connectivity index (χ1v) is 4.90. The van der Waals surface area contributed by atoms with E-state index in [1.54, 1.807) is 0 Å². The van der Waals surface area contributed by atoms with Gasteiger partial charge in [0.05, 0.1) is 0 Å². The van der Waals surface area contributed by atoms with Gasteiger partial charge in [-0.2, -0.15) is 13.2 Å². The van der Waals surface area contributed by atoms with Crippen LogP contribution < -0.4 is 5.73 Å². The quantitative estimate of drug-likeness (QED) is 0.782. The Labute approximate surface area is 83.7 Å². The second kappa shape index (κ2) is 4.08. The summed E-state index contributed by atoms with van der Waals surface area (Å²) in [7, 11) is 0. The van der Waals surface area contributed by atoms with E-state index in [0.29, 0.717) is 4.90 Å². The smallest absolute Gasteiger partial charge is 0.383 e. The first-order chi connectivity index (χ1) is 6.45. The lowest BCUT2D eigenvalue weighted by atomic mass is 10.3. The predicted octanol–water partition coefficient (Wildman–Crippen LogP) is 2.79. The number of thioether (sulfide) groups is 1. The Morgan fingerprint density at radius 1 is 1.43 bits per heavy atom. The molecule has 1 rings (SSSR count). The van der Waals surface area contributed by atoms with Crippen LogP contribution in [0.1, 0.15) is 12.6 Å². The SMILES string of the molecule is CCSc1ccc(C(F)(F)F)nc1N. The fraction of sp³-hybridized carbons (Fsp3) is 0.375. The minimum atomic E-state index is -4.43. The minimum absolute atomic E-state index is 0.0633. The standard InChI is InChI=1S/C8H9F3N2S/c1-2-14-5-3-4-6(8(9,10)11)13-7(5)12/h3-4H,2H2,1H3,(H2,12,13). The first kappa shape index (κ1) is 11.2. The predicted molar refractivity (Wildman–Crippen MR) is 50.0 cm³/mol. The van der Waals surface area contributed by atoms with Crippen LogP contribution in [0.3, 0.4) is 0 Å². The van der Waals surface area contributed by atoms with E-state index in [9.17, 15) is 13.2 Å². The number of rotatable bonds is 2. The lowest BCUT2D eigenvalue weighted by molar-refractivity contribution is -0.141. The zero-order valence-corrected chi connectivity index (χ0v) is 8.25. The average Bonchev–Trinajstić information content (AvgIpc) is 2.07. The van der Waals surface area contributed by atoms with Crippen LogP contribution in [0.5, 0.6) is 0 Å². The monoisotopic (exact) mass is 222 g/mol. The number of aromatic nitrogens is 1. The number of pyridine rings is 1. The van der Waals surface area contributed by atoms with Gasteiger partial charge in [-0.3, -0.25) is 0 Å².